The predicted molar refractivity (Wildman–Crippen MR) is 117 cm³/mol. The third-order valence-electron chi connectivity index (χ3n) is 4.09. The van der Waals surface area contributed by atoms with Crippen LogP contribution in [-0.2, 0) is 9.47 Å². The van der Waals surface area contributed by atoms with Crippen molar-refractivity contribution in [3.63, 3.8) is 0 Å². The second-order valence-corrected chi connectivity index (χ2v) is 6.56. The van der Waals surface area contributed by atoms with Crippen molar-refractivity contribution in [2.45, 2.75) is 0 Å². The molecule has 176 valence electrons. The molecule has 10 heteroatoms. The van der Waals surface area contributed by atoms with Gasteiger partial charge in [-0.3, -0.25) is 0 Å². The number of rotatable bonds is 2. The maximum Gasteiger partial charge on any atom is 0.338 e. The first kappa shape index (κ1) is 25.4. The maximum atomic E-state index is 11.3. The molecule has 2 bridgehead atoms. The van der Waals surface area contributed by atoms with Crippen LogP contribution in [0.4, 0.5) is 0 Å². The molecule has 5 rings (SSSR count). The van der Waals surface area contributed by atoms with Gasteiger partial charge in [0.2, 0.25) is 0 Å². The number of benzene rings is 3. The molecule has 0 radical (unpaired) electrons. The van der Waals surface area contributed by atoms with Crippen LogP contribution < -0.4 is 0 Å². The van der Waals surface area contributed by atoms with Crippen molar-refractivity contribution in [3.05, 3.63) is 95.1 Å². The molecule has 0 saturated heterocycles. The van der Waals surface area contributed by atoms with Crippen LogP contribution in [0.2, 0.25) is 0 Å². The number of carbonyl (C=O) groups excluding carboxylic acids is 2. The van der Waals surface area contributed by atoms with Crippen molar-refractivity contribution in [1.29, 1.82) is 0 Å². The van der Waals surface area contributed by atoms with Crippen LogP contribution in [-0.4, -0.2) is 57.5 Å². The van der Waals surface area contributed by atoms with Crippen LogP contribution in [0.1, 0.15) is 41.4 Å². The quantitative estimate of drug-likeness (QED) is 0.410. The zero-order valence-corrected chi connectivity index (χ0v) is 17.6. The number of carbonyl (C=O) groups is 4. The first-order valence-corrected chi connectivity index (χ1v) is 9.66. The molecule has 34 heavy (non-hydrogen) atoms. The SMILES string of the molecule is O=C(O)c1cccc(C(=O)O)c1.O=C1OCCOC(=O)c2ccc1cc2.Oc1cccc(O)c1. The lowest BCUT2D eigenvalue weighted by atomic mass is 10.1. The number of hydrogen-bond acceptors (Lipinski definition) is 8. The second kappa shape index (κ2) is 12.2. The van der Waals surface area contributed by atoms with Crippen LogP contribution >= 0.6 is 0 Å². The van der Waals surface area contributed by atoms with E-state index in [1.807, 2.05) is 0 Å². The number of aromatic hydroxyl groups is 2. The van der Waals surface area contributed by atoms with Gasteiger partial charge in [-0.1, -0.05) is 12.1 Å². The maximum absolute atomic E-state index is 11.3. The monoisotopic (exact) mass is 468 g/mol. The Kier molecular flexibility index (Phi) is 9.15. The number of aromatic carboxylic acids is 2. The van der Waals surface area contributed by atoms with Gasteiger partial charge in [0.1, 0.15) is 24.7 Å². The van der Waals surface area contributed by atoms with E-state index in [1.165, 1.54) is 36.4 Å². The Morgan fingerprint density at radius 3 is 1.32 bits per heavy atom. The minimum Gasteiger partial charge on any atom is -0.508 e. The number of phenolic OH excluding ortho intramolecular Hbond substituents is 2. The fraction of sp³-hybridized carbons (Fsp3) is 0.0833. The van der Waals surface area contributed by atoms with E-state index in [2.05, 4.69) is 0 Å². The number of ether oxygens (including phenoxy) is 2. The molecule has 0 amide bonds. The average molecular weight is 468 g/mol. The Labute approximate surface area is 193 Å². The summed E-state index contributed by atoms with van der Waals surface area (Å²) in [5.41, 5.74) is 0.858. The average Bonchev–Trinajstić information content (AvgIpc) is 2.82. The van der Waals surface area contributed by atoms with Crippen LogP contribution in [0.3, 0.4) is 0 Å². The first-order valence-electron chi connectivity index (χ1n) is 9.66. The summed E-state index contributed by atoms with van der Waals surface area (Å²) in [6, 6.07) is 17.2. The van der Waals surface area contributed by atoms with Gasteiger partial charge in [-0.05, 0) is 54.6 Å². The molecule has 4 N–H and O–H groups in total. The molecule has 0 atom stereocenters. The van der Waals surface area contributed by atoms with Crippen LogP contribution in [0, 0.1) is 0 Å². The second-order valence-electron chi connectivity index (χ2n) is 6.56. The number of fused-ring (bicyclic) bond motifs is 7. The predicted octanol–water partition coefficient (Wildman–Crippen LogP) is 3.19. The fourth-order valence-electron chi connectivity index (χ4n) is 2.46. The summed E-state index contributed by atoms with van der Waals surface area (Å²) in [6.45, 7) is 0.200. The topological polar surface area (TPSA) is 168 Å². The number of phenols is 2. The smallest absolute Gasteiger partial charge is 0.338 e. The van der Waals surface area contributed by atoms with Gasteiger partial charge in [-0.2, -0.15) is 0 Å². The van der Waals surface area contributed by atoms with Crippen LogP contribution in [0.25, 0.3) is 0 Å². The Hall–Kier alpha value is -4.86. The van der Waals surface area contributed by atoms with Crippen molar-refractivity contribution in [3.8, 4) is 11.5 Å². The molecule has 0 fully saturated rings. The van der Waals surface area contributed by atoms with Crippen LogP contribution in [0.15, 0.2) is 72.8 Å². The number of esters is 2. The normalized spacial score (nSPS) is 12.0. The summed E-state index contributed by atoms with van der Waals surface area (Å²) >= 11 is 0. The fourth-order valence-corrected chi connectivity index (χ4v) is 2.46. The summed E-state index contributed by atoms with van der Waals surface area (Å²) in [6.07, 6.45) is 0. The summed E-state index contributed by atoms with van der Waals surface area (Å²) in [4.78, 5) is 43.3. The highest BCUT2D eigenvalue weighted by molar-refractivity contribution is 5.94. The van der Waals surface area contributed by atoms with Gasteiger partial charge in [-0.25, -0.2) is 19.2 Å². The lowest BCUT2D eigenvalue weighted by molar-refractivity contribution is 0.0260. The van der Waals surface area contributed by atoms with E-state index in [0.29, 0.717) is 11.1 Å². The molecule has 0 spiro atoms. The third kappa shape index (κ3) is 8.00. The van der Waals surface area contributed by atoms with Crippen molar-refractivity contribution >= 4 is 23.9 Å². The minimum absolute atomic E-state index is 0.0186. The van der Waals surface area contributed by atoms with E-state index in [-0.39, 0.29) is 35.8 Å². The molecule has 0 unspecified atom stereocenters. The molecule has 3 aromatic rings. The summed E-state index contributed by atoms with van der Waals surface area (Å²) in [5.74, 6) is -2.87. The van der Waals surface area contributed by atoms with Crippen LogP contribution in [0.5, 0.6) is 11.5 Å². The van der Waals surface area contributed by atoms with Gasteiger partial charge in [0.15, 0.2) is 0 Å². The molecule has 2 aliphatic rings. The molecule has 0 aromatic heterocycles. The van der Waals surface area contributed by atoms with Gasteiger partial charge in [0.25, 0.3) is 0 Å². The zero-order chi connectivity index (χ0) is 25.1. The molecule has 2 heterocycles. The van der Waals surface area contributed by atoms with Gasteiger partial charge in [0, 0.05) is 6.07 Å². The highest BCUT2D eigenvalue weighted by Gasteiger charge is 2.13. The Bertz CT molecular complexity index is 1080. The largest absolute Gasteiger partial charge is 0.508 e. The Balaban J connectivity index is 0.000000187. The lowest BCUT2D eigenvalue weighted by Gasteiger charge is -2.09. The molecule has 0 saturated carbocycles. The van der Waals surface area contributed by atoms with E-state index >= 15 is 0 Å². The van der Waals surface area contributed by atoms with E-state index < -0.39 is 23.9 Å². The standard InChI is InChI=1S/C10H8O4.C8H6O4.C6H6O2/c11-9-7-1-2-8(4-3-7)10(12)14-6-5-13-9;9-7(10)5-2-1-3-6(4-5)8(11)12;7-5-2-1-3-6(8)4-5/h1-4H,5-6H2;1-4H,(H,9,10)(H,11,12);1-4,7-8H. The summed E-state index contributed by atoms with van der Waals surface area (Å²) < 4.78 is 9.66. The first-order chi connectivity index (χ1) is 16.2. The number of hydrogen-bond donors (Lipinski definition) is 4. The van der Waals surface area contributed by atoms with Crippen molar-refractivity contribution in [2.24, 2.45) is 0 Å². The molecule has 0 aliphatic carbocycles. The molecule has 2 aliphatic heterocycles. The minimum atomic E-state index is -1.13. The van der Waals surface area contributed by atoms with E-state index in [4.69, 9.17) is 29.9 Å². The Morgan fingerprint density at radius 1 is 0.618 bits per heavy atom. The highest BCUT2D eigenvalue weighted by atomic mass is 16.6. The van der Waals surface area contributed by atoms with Gasteiger partial charge in [0.05, 0.1) is 22.3 Å². The zero-order valence-electron chi connectivity index (χ0n) is 17.6. The van der Waals surface area contributed by atoms with E-state index in [0.717, 1.165) is 6.07 Å². The van der Waals surface area contributed by atoms with E-state index in [9.17, 15) is 19.2 Å². The number of carboxylic acid groups (broad SMARTS) is 2. The number of carboxylic acids is 2. The van der Waals surface area contributed by atoms with Crippen molar-refractivity contribution < 1.29 is 49.1 Å². The summed E-state index contributed by atoms with van der Waals surface area (Å²) in [5, 5.41) is 34.3. The Morgan fingerprint density at radius 2 is 1.00 bits per heavy atom. The molecule has 10 nitrogen and oxygen atoms in total. The molecular weight excluding hydrogens is 448 g/mol. The third-order valence-corrected chi connectivity index (χ3v) is 4.09. The highest BCUT2D eigenvalue weighted by Crippen LogP contribution is 2.15. The lowest BCUT2D eigenvalue weighted by Crippen LogP contribution is -2.16. The van der Waals surface area contributed by atoms with E-state index in [1.54, 1.807) is 30.3 Å². The van der Waals surface area contributed by atoms with Gasteiger partial charge < -0.3 is 29.9 Å². The van der Waals surface area contributed by atoms with Gasteiger partial charge >= 0.3 is 23.9 Å². The molecule has 3 aromatic carbocycles. The molecular formula is C24H20O10. The van der Waals surface area contributed by atoms with Crippen molar-refractivity contribution in [1.82, 2.24) is 0 Å². The van der Waals surface area contributed by atoms with Crippen molar-refractivity contribution in [2.75, 3.05) is 13.2 Å². The summed E-state index contributed by atoms with van der Waals surface area (Å²) in [7, 11) is 0. The van der Waals surface area contributed by atoms with Gasteiger partial charge in [-0.15, -0.1) is 0 Å².